The lowest BCUT2D eigenvalue weighted by Crippen LogP contribution is -2.30. The molecule has 0 aromatic heterocycles. The molecule has 0 heterocycles. The van der Waals surface area contributed by atoms with E-state index >= 15 is 0 Å². The molecule has 21 heavy (non-hydrogen) atoms. The van der Waals surface area contributed by atoms with E-state index in [0.717, 1.165) is 11.3 Å². The fourth-order valence-corrected chi connectivity index (χ4v) is 2.35. The van der Waals surface area contributed by atoms with E-state index in [9.17, 15) is 4.79 Å². The first kappa shape index (κ1) is 15.2. The summed E-state index contributed by atoms with van der Waals surface area (Å²) < 4.78 is 0. The van der Waals surface area contributed by atoms with Crippen molar-refractivity contribution in [3.63, 3.8) is 0 Å². The molecule has 0 atom stereocenters. The highest BCUT2D eigenvalue weighted by Crippen LogP contribution is 2.24. The number of amides is 1. The molecular weight excluding hydrogens is 286 g/mol. The highest BCUT2D eigenvalue weighted by atomic mass is 35.5. The summed E-state index contributed by atoms with van der Waals surface area (Å²) in [6.07, 6.45) is 0. The molecule has 0 aliphatic carbocycles. The van der Waals surface area contributed by atoms with Crippen molar-refractivity contribution in [2.24, 2.45) is 0 Å². The van der Waals surface area contributed by atoms with Crippen molar-refractivity contribution in [3.05, 3.63) is 53.1 Å². The maximum Gasteiger partial charge on any atom is 0.243 e. The highest BCUT2D eigenvalue weighted by Gasteiger charge is 2.11. The molecule has 0 saturated carbocycles. The third-order valence-corrected chi connectivity index (χ3v) is 3.49. The molecule has 0 fully saturated rings. The number of carbonyl (C=O) groups is 1. The van der Waals surface area contributed by atoms with Crippen LogP contribution in [0.5, 0.6) is 0 Å². The summed E-state index contributed by atoms with van der Waals surface area (Å²) in [5.41, 5.74) is 8.90. The van der Waals surface area contributed by atoms with E-state index in [4.69, 9.17) is 17.3 Å². The summed E-state index contributed by atoms with van der Waals surface area (Å²) in [6.45, 7) is 2.26. The van der Waals surface area contributed by atoms with Crippen LogP contribution in [0.15, 0.2) is 42.5 Å². The number of halogens is 1. The number of rotatable bonds is 4. The monoisotopic (exact) mass is 303 g/mol. The standard InChI is InChI=1S/C16H18ClN3O/c1-11-5-3-4-6-15(11)20(2)10-16(21)19-14-8-7-12(18)9-13(14)17/h3-9H,10,18H2,1-2H3,(H,19,21). The number of nitrogens with one attached hydrogen (secondary N) is 1. The number of nitrogens with zero attached hydrogens (tertiary/aromatic N) is 1. The van der Waals surface area contributed by atoms with Gasteiger partial charge in [-0.1, -0.05) is 29.8 Å². The van der Waals surface area contributed by atoms with Crippen molar-refractivity contribution < 1.29 is 4.79 Å². The molecule has 3 N–H and O–H groups in total. The van der Waals surface area contributed by atoms with Crippen LogP contribution in [-0.2, 0) is 4.79 Å². The Labute approximate surface area is 129 Å². The van der Waals surface area contributed by atoms with Gasteiger partial charge in [-0.25, -0.2) is 0 Å². The van der Waals surface area contributed by atoms with Crippen LogP contribution in [0.25, 0.3) is 0 Å². The molecule has 0 aliphatic rings. The summed E-state index contributed by atoms with van der Waals surface area (Å²) in [7, 11) is 1.88. The summed E-state index contributed by atoms with van der Waals surface area (Å²) in [5.74, 6) is -0.132. The second-order valence-electron chi connectivity index (χ2n) is 4.93. The molecule has 0 spiro atoms. The minimum absolute atomic E-state index is 0.132. The van der Waals surface area contributed by atoms with E-state index in [-0.39, 0.29) is 12.5 Å². The Balaban J connectivity index is 2.03. The normalized spacial score (nSPS) is 10.2. The zero-order chi connectivity index (χ0) is 15.4. The Bertz CT molecular complexity index is 658. The van der Waals surface area contributed by atoms with Gasteiger partial charge >= 0.3 is 0 Å². The maximum atomic E-state index is 12.1. The lowest BCUT2D eigenvalue weighted by Gasteiger charge is -2.21. The van der Waals surface area contributed by atoms with Gasteiger partial charge in [0, 0.05) is 18.4 Å². The molecule has 0 saturated heterocycles. The van der Waals surface area contributed by atoms with Gasteiger partial charge < -0.3 is 16.0 Å². The third kappa shape index (κ3) is 3.89. The Hall–Kier alpha value is -2.20. The molecule has 2 aromatic rings. The van der Waals surface area contributed by atoms with Gasteiger partial charge in [-0.3, -0.25) is 4.79 Å². The van der Waals surface area contributed by atoms with E-state index in [2.05, 4.69) is 5.32 Å². The zero-order valence-corrected chi connectivity index (χ0v) is 12.8. The van der Waals surface area contributed by atoms with E-state index in [1.807, 2.05) is 43.1 Å². The summed E-state index contributed by atoms with van der Waals surface area (Å²) in [6, 6.07) is 12.9. The Kier molecular flexibility index (Phi) is 4.70. The quantitative estimate of drug-likeness (QED) is 0.852. The molecule has 5 heteroatoms. The largest absolute Gasteiger partial charge is 0.399 e. The minimum Gasteiger partial charge on any atom is -0.399 e. The van der Waals surface area contributed by atoms with Gasteiger partial charge in [0.15, 0.2) is 0 Å². The Morgan fingerprint density at radius 2 is 2.00 bits per heavy atom. The topological polar surface area (TPSA) is 58.4 Å². The van der Waals surface area contributed by atoms with Gasteiger partial charge in [-0.05, 0) is 36.8 Å². The second kappa shape index (κ2) is 6.50. The lowest BCUT2D eigenvalue weighted by atomic mass is 10.2. The fourth-order valence-electron chi connectivity index (χ4n) is 2.11. The van der Waals surface area contributed by atoms with E-state index in [1.54, 1.807) is 18.2 Å². The van der Waals surface area contributed by atoms with Crippen LogP contribution >= 0.6 is 11.6 Å². The van der Waals surface area contributed by atoms with Crippen molar-refractivity contribution >= 4 is 34.6 Å². The van der Waals surface area contributed by atoms with Crippen LogP contribution in [0, 0.1) is 6.92 Å². The first-order chi connectivity index (χ1) is 9.97. The van der Waals surface area contributed by atoms with Crippen molar-refractivity contribution in [2.75, 3.05) is 29.5 Å². The second-order valence-corrected chi connectivity index (χ2v) is 5.34. The lowest BCUT2D eigenvalue weighted by molar-refractivity contribution is -0.114. The van der Waals surface area contributed by atoms with Crippen LogP contribution in [0.3, 0.4) is 0 Å². The van der Waals surface area contributed by atoms with Crippen molar-refractivity contribution in [1.29, 1.82) is 0 Å². The highest BCUT2D eigenvalue weighted by molar-refractivity contribution is 6.34. The van der Waals surface area contributed by atoms with Gasteiger partial charge in [0.25, 0.3) is 0 Å². The number of hydrogen-bond donors (Lipinski definition) is 2. The van der Waals surface area contributed by atoms with Crippen molar-refractivity contribution in [2.45, 2.75) is 6.92 Å². The molecule has 0 bridgehead atoms. The maximum absolute atomic E-state index is 12.1. The Morgan fingerprint density at radius 1 is 1.29 bits per heavy atom. The van der Waals surface area contributed by atoms with Gasteiger partial charge in [-0.2, -0.15) is 0 Å². The predicted octanol–water partition coefficient (Wildman–Crippen LogP) is 3.31. The van der Waals surface area contributed by atoms with Gasteiger partial charge in [0.1, 0.15) is 0 Å². The molecule has 1 amide bonds. The Morgan fingerprint density at radius 3 is 2.67 bits per heavy atom. The SMILES string of the molecule is Cc1ccccc1N(C)CC(=O)Nc1ccc(N)cc1Cl. The van der Waals surface area contributed by atoms with Crippen LogP contribution < -0.4 is 16.0 Å². The number of benzene rings is 2. The number of aryl methyl sites for hydroxylation is 1. The van der Waals surface area contributed by atoms with Crippen LogP contribution in [0.4, 0.5) is 17.1 Å². The molecule has 110 valence electrons. The number of para-hydroxylation sites is 1. The van der Waals surface area contributed by atoms with Crippen LogP contribution in [0.2, 0.25) is 5.02 Å². The van der Waals surface area contributed by atoms with E-state index in [0.29, 0.717) is 16.4 Å². The predicted molar refractivity (Wildman–Crippen MR) is 88.9 cm³/mol. The molecule has 0 unspecified atom stereocenters. The van der Waals surface area contributed by atoms with Gasteiger partial charge in [0.05, 0.1) is 17.3 Å². The zero-order valence-electron chi connectivity index (χ0n) is 12.1. The number of nitrogens with two attached hydrogens (primary N) is 1. The average Bonchev–Trinajstić information content (AvgIpc) is 2.42. The third-order valence-electron chi connectivity index (χ3n) is 3.17. The summed E-state index contributed by atoms with van der Waals surface area (Å²) in [4.78, 5) is 14.0. The molecule has 2 aromatic carbocycles. The van der Waals surface area contributed by atoms with Crippen molar-refractivity contribution in [3.8, 4) is 0 Å². The number of anilines is 3. The first-order valence-corrected chi connectivity index (χ1v) is 6.97. The van der Waals surface area contributed by atoms with E-state index in [1.165, 1.54) is 0 Å². The smallest absolute Gasteiger partial charge is 0.243 e. The number of hydrogen-bond acceptors (Lipinski definition) is 3. The number of likely N-dealkylation sites (N-methyl/N-ethyl adjacent to an activating group) is 1. The summed E-state index contributed by atoms with van der Waals surface area (Å²) in [5, 5.41) is 3.22. The molecule has 4 nitrogen and oxygen atoms in total. The number of nitrogen functional groups attached to an aromatic ring is 1. The van der Waals surface area contributed by atoms with Crippen LogP contribution in [-0.4, -0.2) is 19.5 Å². The molecule has 0 radical (unpaired) electrons. The van der Waals surface area contributed by atoms with Crippen LogP contribution in [0.1, 0.15) is 5.56 Å². The first-order valence-electron chi connectivity index (χ1n) is 6.59. The number of carbonyl (C=O) groups excluding carboxylic acids is 1. The summed E-state index contributed by atoms with van der Waals surface area (Å²) >= 11 is 6.04. The van der Waals surface area contributed by atoms with Crippen molar-refractivity contribution in [1.82, 2.24) is 0 Å². The van der Waals surface area contributed by atoms with E-state index < -0.39 is 0 Å². The van der Waals surface area contributed by atoms with Gasteiger partial charge in [0.2, 0.25) is 5.91 Å². The molecule has 2 rings (SSSR count). The molecule has 0 aliphatic heterocycles. The fraction of sp³-hybridized carbons (Fsp3) is 0.188. The van der Waals surface area contributed by atoms with Gasteiger partial charge in [-0.15, -0.1) is 0 Å². The molecular formula is C16H18ClN3O. The minimum atomic E-state index is -0.132. The average molecular weight is 304 g/mol.